The van der Waals surface area contributed by atoms with Gasteiger partial charge in [-0.05, 0) is 41.5 Å². The summed E-state index contributed by atoms with van der Waals surface area (Å²) < 4.78 is 14.7. The van der Waals surface area contributed by atoms with Crippen molar-refractivity contribution in [1.29, 1.82) is 0 Å². The van der Waals surface area contributed by atoms with Crippen molar-refractivity contribution in [1.82, 2.24) is 9.80 Å². The van der Waals surface area contributed by atoms with Crippen molar-refractivity contribution in [3.63, 3.8) is 0 Å². The second kappa shape index (κ2) is 8.87. The molecule has 178 valence electrons. The van der Waals surface area contributed by atoms with Crippen LogP contribution in [0.25, 0.3) is 0 Å². The normalized spacial score (nSPS) is 19.0. The molecule has 0 atom stereocenters. The standard InChI is InChI=1S/C10H18N2O4.C9H16N2O4/c1-9(2,3)16-8(14)12-5-10(11,6-12)7(13)15-4;1-8(2,3)15-7(14)11-4-9(10,5-11)6(12)13/h5-6,11H2,1-4H3;4-5,10H2,1-3H3,(H,12,13). The van der Waals surface area contributed by atoms with Crippen LogP contribution >= 0.6 is 0 Å². The average Bonchev–Trinajstić information content (AvgIpc) is 2.52. The van der Waals surface area contributed by atoms with Gasteiger partial charge in [-0.1, -0.05) is 0 Å². The number of methoxy groups -OCH3 is 1. The molecule has 2 aliphatic heterocycles. The van der Waals surface area contributed by atoms with Gasteiger partial charge in [0, 0.05) is 0 Å². The van der Waals surface area contributed by atoms with E-state index in [0.717, 1.165) is 0 Å². The molecular formula is C19H34N4O8. The molecule has 2 heterocycles. The third-order valence-electron chi connectivity index (χ3n) is 4.21. The molecule has 12 heteroatoms. The number of amides is 2. The Labute approximate surface area is 181 Å². The number of nitrogens with two attached hydrogens (primary N) is 2. The van der Waals surface area contributed by atoms with Crippen molar-refractivity contribution in [3.8, 4) is 0 Å². The van der Waals surface area contributed by atoms with Crippen LogP contribution in [0, 0.1) is 0 Å². The number of hydrogen-bond donors (Lipinski definition) is 3. The molecule has 0 radical (unpaired) electrons. The van der Waals surface area contributed by atoms with Crippen molar-refractivity contribution in [2.75, 3.05) is 33.3 Å². The lowest BCUT2D eigenvalue weighted by Crippen LogP contribution is -2.73. The van der Waals surface area contributed by atoms with E-state index in [4.69, 9.17) is 26.0 Å². The van der Waals surface area contributed by atoms with Crippen LogP contribution in [0.3, 0.4) is 0 Å². The lowest BCUT2D eigenvalue weighted by molar-refractivity contribution is -0.153. The topological polar surface area (TPSA) is 175 Å². The number of carboxylic acid groups (broad SMARTS) is 1. The highest BCUT2D eigenvalue weighted by atomic mass is 16.6. The smallest absolute Gasteiger partial charge is 0.410 e. The van der Waals surface area contributed by atoms with Gasteiger partial charge in [-0.3, -0.25) is 4.79 Å². The van der Waals surface area contributed by atoms with Crippen LogP contribution in [-0.2, 0) is 23.8 Å². The van der Waals surface area contributed by atoms with E-state index < -0.39 is 46.4 Å². The molecule has 5 N–H and O–H groups in total. The molecule has 0 bridgehead atoms. The molecule has 0 unspecified atom stereocenters. The number of carbonyl (C=O) groups excluding carboxylic acids is 3. The molecular weight excluding hydrogens is 412 g/mol. The minimum absolute atomic E-state index is 0.00273. The summed E-state index contributed by atoms with van der Waals surface area (Å²) in [6, 6.07) is 0. The molecule has 0 aromatic rings. The number of esters is 1. The molecule has 0 spiro atoms. The Hall–Kier alpha value is -2.60. The van der Waals surface area contributed by atoms with Gasteiger partial charge in [-0.25, -0.2) is 14.4 Å². The summed E-state index contributed by atoms with van der Waals surface area (Å²) >= 11 is 0. The van der Waals surface area contributed by atoms with E-state index >= 15 is 0 Å². The Kier molecular flexibility index (Phi) is 7.56. The van der Waals surface area contributed by atoms with Gasteiger partial charge in [0.2, 0.25) is 0 Å². The van der Waals surface area contributed by atoms with Gasteiger partial charge >= 0.3 is 24.1 Å². The fourth-order valence-electron chi connectivity index (χ4n) is 2.65. The molecule has 0 aliphatic carbocycles. The van der Waals surface area contributed by atoms with Crippen molar-refractivity contribution >= 4 is 24.1 Å². The van der Waals surface area contributed by atoms with Crippen LogP contribution in [-0.4, -0.2) is 94.6 Å². The summed E-state index contributed by atoms with van der Waals surface area (Å²) in [6.45, 7) is 10.8. The van der Waals surface area contributed by atoms with E-state index in [1.807, 2.05) is 0 Å². The summed E-state index contributed by atoms with van der Waals surface area (Å²) in [4.78, 5) is 47.5. The van der Waals surface area contributed by atoms with E-state index in [2.05, 4.69) is 4.74 Å². The second-order valence-corrected chi connectivity index (χ2v) is 9.78. The van der Waals surface area contributed by atoms with Crippen molar-refractivity contribution in [3.05, 3.63) is 0 Å². The van der Waals surface area contributed by atoms with Gasteiger partial charge < -0.3 is 40.6 Å². The number of ether oxygens (including phenoxy) is 3. The van der Waals surface area contributed by atoms with Crippen LogP contribution in [0.2, 0.25) is 0 Å². The summed E-state index contributed by atoms with van der Waals surface area (Å²) in [7, 11) is 1.27. The van der Waals surface area contributed by atoms with Gasteiger partial charge in [0.25, 0.3) is 0 Å². The second-order valence-electron chi connectivity index (χ2n) is 9.78. The van der Waals surface area contributed by atoms with Gasteiger partial charge in [0.15, 0.2) is 5.54 Å². The van der Waals surface area contributed by atoms with Gasteiger partial charge in [-0.15, -0.1) is 0 Å². The minimum atomic E-state index is -1.31. The first-order valence-electron chi connectivity index (χ1n) is 9.67. The van der Waals surface area contributed by atoms with Crippen LogP contribution in [0.1, 0.15) is 41.5 Å². The fourth-order valence-corrected chi connectivity index (χ4v) is 2.65. The van der Waals surface area contributed by atoms with E-state index in [9.17, 15) is 19.2 Å². The van der Waals surface area contributed by atoms with Crippen molar-refractivity contribution in [2.24, 2.45) is 11.5 Å². The maximum atomic E-state index is 11.5. The third kappa shape index (κ3) is 7.24. The van der Waals surface area contributed by atoms with Crippen LogP contribution in [0.5, 0.6) is 0 Å². The number of carbonyl (C=O) groups is 4. The number of hydrogen-bond acceptors (Lipinski definition) is 9. The Morgan fingerprint density at radius 2 is 1.10 bits per heavy atom. The zero-order valence-electron chi connectivity index (χ0n) is 19.2. The van der Waals surface area contributed by atoms with Crippen molar-refractivity contribution < 1.29 is 38.5 Å². The number of nitrogens with zero attached hydrogens (tertiary/aromatic N) is 2. The fraction of sp³-hybridized carbons (Fsp3) is 0.789. The highest BCUT2D eigenvalue weighted by Gasteiger charge is 2.50. The van der Waals surface area contributed by atoms with Crippen LogP contribution in [0.15, 0.2) is 0 Å². The minimum Gasteiger partial charge on any atom is -0.480 e. The van der Waals surface area contributed by atoms with Crippen molar-refractivity contribution in [2.45, 2.75) is 63.8 Å². The lowest BCUT2D eigenvalue weighted by atomic mass is 9.92. The highest BCUT2D eigenvalue weighted by molar-refractivity contribution is 5.85. The molecule has 31 heavy (non-hydrogen) atoms. The Morgan fingerprint density at radius 1 is 0.774 bits per heavy atom. The number of aliphatic carboxylic acids is 1. The van der Waals surface area contributed by atoms with E-state index in [1.165, 1.54) is 16.9 Å². The first-order valence-corrected chi connectivity index (χ1v) is 9.67. The highest BCUT2D eigenvalue weighted by Crippen LogP contribution is 2.23. The zero-order valence-corrected chi connectivity index (χ0v) is 19.2. The summed E-state index contributed by atoms with van der Waals surface area (Å²) in [5.41, 5.74) is 7.70. The number of carboxylic acids is 1. The van der Waals surface area contributed by atoms with Gasteiger partial charge in [0.05, 0.1) is 33.3 Å². The van der Waals surface area contributed by atoms with Crippen LogP contribution < -0.4 is 11.5 Å². The Balaban J connectivity index is 0.000000311. The molecule has 2 fully saturated rings. The summed E-state index contributed by atoms with van der Waals surface area (Å²) in [5, 5.41) is 8.72. The molecule has 2 saturated heterocycles. The quantitative estimate of drug-likeness (QED) is 0.390. The van der Waals surface area contributed by atoms with Gasteiger partial charge in [-0.2, -0.15) is 0 Å². The first kappa shape index (κ1) is 26.4. The number of rotatable bonds is 2. The molecule has 0 saturated carbocycles. The lowest BCUT2D eigenvalue weighted by Gasteiger charge is -2.44. The van der Waals surface area contributed by atoms with E-state index in [-0.39, 0.29) is 26.2 Å². The summed E-state index contributed by atoms with van der Waals surface area (Å²) in [6.07, 6.45) is -0.984. The largest absolute Gasteiger partial charge is 0.480 e. The molecule has 12 nitrogen and oxygen atoms in total. The Morgan fingerprint density at radius 3 is 1.35 bits per heavy atom. The monoisotopic (exact) mass is 446 g/mol. The average molecular weight is 447 g/mol. The van der Waals surface area contributed by atoms with Crippen LogP contribution in [0.4, 0.5) is 9.59 Å². The molecule has 0 aromatic heterocycles. The maximum absolute atomic E-state index is 11.5. The predicted molar refractivity (Wildman–Crippen MR) is 109 cm³/mol. The SMILES string of the molecule is CC(C)(C)OC(=O)N1CC(N)(C(=O)O)C1.COC(=O)C1(N)CN(C(=O)OC(C)(C)C)C1. The Bertz CT molecular complexity index is 713. The van der Waals surface area contributed by atoms with Gasteiger partial charge in [0.1, 0.15) is 16.7 Å². The third-order valence-corrected chi connectivity index (χ3v) is 4.21. The van der Waals surface area contributed by atoms with E-state index in [1.54, 1.807) is 41.5 Å². The van der Waals surface area contributed by atoms with E-state index in [0.29, 0.717) is 0 Å². The molecule has 2 rings (SSSR count). The predicted octanol–water partition coefficient (Wildman–Crippen LogP) is 0.127. The first-order chi connectivity index (χ1) is 13.8. The molecule has 2 aliphatic rings. The maximum Gasteiger partial charge on any atom is 0.410 e. The number of likely N-dealkylation sites (tertiary alicyclic amines) is 2. The molecule has 0 aromatic carbocycles. The summed E-state index contributed by atoms with van der Waals surface area (Å²) in [5.74, 6) is -1.60. The zero-order chi connectivity index (χ0) is 24.4. The molecule has 2 amide bonds.